The average molecular weight is 351 g/mol. The number of nitrogens with one attached hydrogen (secondary N) is 1. The maximum absolute atomic E-state index is 12.7. The highest BCUT2D eigenvalue weighted by atomic mass is 16.5. The fraction of sp³-hybridized carbons (Fsp3) is 0.300. The number of nitrogens with zero attached hydrogens (tertiary/aromatic N) is 2. The highest BCUT2D eigenvalue weighted by molar-refractivity contribution is 5.89. The van der Waals surface area contributed by atoms with Gasteiger partial charge in [-0.1, -0.05) is 6.07 Å². The molecule has 1 saturated heterocycles. The van der Waals surface area contributed by atoms with E-state index in [2.05, 4.69) is 11.4 Å². The number of urea groups is 1. The molecule has 134 valence electrons. The van der Waals surface area contributed by atoms with E-state index in [1.54, 1.807) is 38.5 Å². The summed E-state index contributed by atoms with van der Waals surface area (Å²) in [5.41, 5.74) is 2.26. The van der Waals surface area contributed by atoms with Gasteiger partial charge in [-0.25, -0.2) is 4.79 Å². The van der Waals surface area contributed by atoms with E-state index in [-0.39, 0.29) is 12.1 Å². The molecule has 0 aromatic heterocycles. The van der Waals surface area contributed by atoms with E-state index in [1.807, 2.05) is 23.1 Å². The summed E-state index contributed by atoms with van der Waals surface area (Å²) in [6, 6.07) is 14.5. The zero-order valence-electron chi connectivity index (χ0n) is 14.9. The Morgan fingerprint density at radius 1 is 1.15 bits per heavy atom. The average Bonchev–Trinajstić information content (AvgIpc) is 3.18. The first-order valence-corrected chi connectivity index (χ1v) is 8.46. The van der Waals surface area contributed by atoms with Gasteiger partial charge in [-0.2, -0.15) is 5.26 Å². The van der Waals surface area contributed by atoms with Crippen LogP contribution in [-0.2, 0) is 0 Å². The first-order valence-electron chi connectivity index (χ1n) is 8.46. The summed E-state index contributed by atoms with van der Waals surface area (Å²) < 4.78 is 10.7. The Morgan fingerprint density at radius 3 is 2.54 bits per heavy atom. The predicted octanol–water partition coefficient (Wildman–Crippen LogP) is 3.94. The van der Waals surface area contributed by atoms with Crippen molar-refractivity contribution >= 4 is 11.7 Å². The summed E-state index contributed by atoms with van der Waals surface area (Å²) in [5.74, 6) is 1.33. The lowest BCUT2D eigenvalue weighted by Crippen LogP contribution is -2.34. The summed E-state index contributed by atoms with van der Waals surface area (Å²) in [4.78, 5) is 14.6. The molecule has 1 aliphatic heterocycles. The number of rotatable bonds is 4. The van der Waals surface area contributed by atoms with Crippen molar-refractivity contribution in [2.45, 2.75) is 18.9 Å². The zero-order valence-corrected chi connectivity index (χ0v) is 14.9. The monoisotopic (exact) mass is 351 g/mol. The van der Waals surface area contributed by atoms with E-state index in [4.69, 9.17) is 14.7 Å². The van der Waals surface area contributed by atoms with E-state index < -0.39 is 0 Å². The predicted molar refractivity (Wildman–Crippen MR) is 98.4 cm³/mol. The molecule has 2 aromatic carbocycles. The number of carbonyl (C=O) groups is 1. The van der Waals surface area contributed by atoms with Crippen molar-refractivity contribution in [3.8, 4) is 17.6 Å². The van der Waals surface area contributed by atoms with Gasteiger partial charge in [0.2, 0.25) is 0 Å². The molecule has 0 radical (unpaired) electrons. The van der Waals surface area contributed by atoms with Gasteiger partial charge in [0, 0.05) is 12.2 Å². The molecule has 0 spiro atoms. The smallest absolute Gasteiger partial charge is 0.322 e. The fourth-order valence-corrected chi connectivity index (χ4v) is 3.24. The molecule has 1 atom stereocenters. The second-order valence-electron chi connectivity index (χ2n) is 6.09. The highest BCUT2D eigenvalue weighted by Gasteiger charge is 2.30. The van der Waals surface area contributed by atoms with Crippen LogP contribution in [0.4, 0.5) is 10.5 Å². The molecular formula is C20H21N3O3. The molecule has 1 unspecified atom stereocenters. The summed E-state index contributed by atoms with van der Waals surface area (Å²) >= 11 is 0. The van der Waals surface area contributed by atoms with Gasteiger partial charge in [-0.05, 0) is 54.8 Å². The third-order valence-corrected chi connectivity index (χ3v) is 4.57. The number of benzene rings is 2. The molecule has 1 N–H and O–H groups in total. The summed E-state index contributed by atoms with van der Waals surface area (Å²) in [6.45, 7) is 0.696. The third-order valence-electron chi connectivity index (χ3n) is 4.57. The molecular weight excluding hydrogens is 330 g/mol. The summed E-state index contributed by atoms with van der Waals surface area (Å²) in [6.07, 6.45) is 1.84. The van der Waals surface area contributed by atoms with Crippen molar-refractivity contribution in [3.63, 3.8) is 0 Å². The number of ether oxygens (including phenoxy) is 2. The van der Waals surface area contributed by atoms with Crippen molar-refractivity contribution in [1.82, 2.24) is 4.90 Å². The second-order valence-corrected chi connectivity index (χ2v) is 6.09. The molecule has 1 aliphatic rings. The van der Waals surface area contributed by atoms with Crippen LogP contribution in [0.5, 0.6) is 11.5 Å². The molecule has 0 bridgehead atoms. The molecule has 26 heavy (non-hydrogen) atoms. The minimum Gasteiger partial charge on any atom is -0.493 e. The van der Waals surface area contributed by atoms with Crippen LogP contribution >= 0.6 is 0 Å². The Morgan fingerprint density at radius 2 is 1.88 bits per heavy atom. The first-order chi connectivity index (χ1) is 12.7. The number of methoxy groups -OCH3 is 2. The summed E-state index contributed by atoms with van der Waals surface area (Å²) in [7, 11) is 3.20. The Labute approximate surface area is 152 Å². The molecule has 6 heteroatoms. The molecule has 3 rings (SSSR count). The van der Waals surface area contributed by atoms with E-state index in [0.29, 0.717) is 29.3 Å². The molecule has 2 amide bonds. The van der Waals surface area contributed by atoms with Crippen LogP contribution < -0.4 is 14.8 Å². The van der Waals surface area contributed by atoms with Gasteiger partial charge in [0.05, 0.1) is 31.9 Å². The van der Waals surface area contributed by atoms with Crippen LogP contribution in [0.1, 0.15) is 30.0 Å². The SMILES string of the molecule is COc1ccc(C2CCCN2C(=O)Nc2ccc(C#N)cc2)cc1OC. The van der Waals surface area contributed by atoms with Gasteiger partial charge in [-0.15, -0.1) is 0 Å². The Kier molecular flexibility index (Phi) is 5.28. The Bertz CT molecular complexity index is 827. The largest absolute Gasteiger partial charge is 0.493 e. The van der Waals surface area contributed by atoms with Crippen LogP contribution in [0.2, 0.25) is 0 Å². The van der Waals surface area contributed by atoms with Crippen molar-refractivity contribution < 1.29 is 14.3 Å². The number of hydrogen-bond acceptors (Lipinski definition) is 4. The van der Waals surface area contributed by atoms with Crippen LogP contribution in [0.3, 0.4) is 0 Å². The lowest BCUT2D eigenvalue weighted by molar-refractivity contribution is 0.207. The number of likely N-dealkylation sites (tertiary alicyclic amines) is 1. The van der Waals surface area contributed by atoms with Gasteiger partial charge in [0.25, 0.3) is 0 Å². The molecule has 1 fully saturated rings. The van der Waals surface area contributed by atoms with Crippen molar-refractivity contribution in [1.29, 1.82) is 5.26 Å². The van der Waals surface area contributed by atoms with Gasteiger partial charge in [0.1, 0.15) is 0 Å². The van der Waals surface area contributed by atoms with Crippen molar-refractivity contribution in [2.24, 2.45) is 0 Å². The van der Waals surface area contributed by atoms with Crippen LogP contribution in [0.25, 0.3) is 0 Å². The topological polar surface area (TPSA) is 74.6 Å². The number of carbonyl (C=O) groups excluding carboxylic acids is 1. The van der Waals surface area contributed by atoms with Crippen LogP contribution in [-0.4, -0.2) is 31.7 Å². The maximum Gasteiger partial charge on any atom is 0.322 e. The van der Waals surface area contributed by atoms with Crippen molar-refractivity contribution in [2.75, 3.05) is 26.1 Å². The lowest BCUT2D eigenvalue weighted by Gasteiger charge is -2.26. The van der Waals surface area contributed by atoms with Gasteiger partial charge in [-0.3, -0.25) is 0 Å². The van der Waals surface area contributed by atoms with Gasteiger partial charge < -0.3 is 19.7 Å². The number of anilines is 1. The number of nitriles is 1. The van der Waals surface area contributed by atoms with Crippen molar-refractivity contribution in [3.05, 3.63) is 53.6 Å². The Hall–Kier alpha value is -3.20. The van der Waals surface area contributed by atoms with Crippen LogP contribution in [0, 0.1) is 11.3 Å². The second kappa shape index (κ2) is 7.79. The standard InChI is InChI=1S/C20H21N3O3/c1-25-18-10-7-15(12-19(18)26-2)17-4-3-11-23(17)20(24)22-16-8-5-14(13-21)6-9-16/h5-10,12,17H,3-4,11H2,1-2H3,(H,22,24). The minimum absolute atomic E-state index is 0.00631. The molecule has 2 aromatic rings. The molecule has 6 nitrogen and oxygen atoms in total. The zero-order chi connectivity index (χ0) is 18.5. The van der Waals surface area contributed by atoms with Gasteiger partial charge >= 0.3 is 6.03 Å². The summed E-state index contributed by atoms with van der Waals surface area (Å²) in [5, 5.41) is 11.8. The first kappa shape index (κ1) is 17.6. The minimum atomic E-state index is -0.146. The number of amides is 2. The quantitative estimate of drug-likeness (QED) is 0.905. The van der Waals surface area contributed by atoms with Crippen LogP contribution in [0.15, 0.2) is 42.5 Å². The maximum atomic E-state index is 12.7. The van der Waals surface area contributed by atoms with Gasteiger partial charge in [0.15, 0.2) is 11.5 Å². The normalized spacial score (nSPS) is 16.0. The van der Waals surface area contributed by atoms with E-state index >= 15 is 0 Å². The Balaban J connectivity index is 1.77. The highest BCUT2D eigenvalue weighted by Crippen LogP contribution is 2.37. The lowest BCUT2D eigenvalue weighted by atomic mass is 10.0. The third kappa shape index (κ3) is 3.57. The molecule has 0 saturated carbocycles. The van der Waals surface area contributed by atoms with E-state index in [0.717, 1.165) is 18.4 Å². The fourth-order valence-electron chi connectivity index (χ4n) is 3.24. The molecule has 0 aliphatic carbocycles. The molecule has 1 heterocycles. The number of hydrogen-bond donors (Lipinski definition) is 1. The van der Waals surface area contributed by atoms with E-state index in [1.165, 1.54) is 0 Å². The van der Waals surface area contributed by atoms with E-state index in [9.17, 15) is 4.79 Å².